The minimum absolute atomic E-state index is 0.294. The highest BCUT2D eigenvalue weighted by Crippen LogP contribution is 2.28. The van der Waals surface area contributed by atoms with Gasteiger partial charge >= 0.3 is 0 Å². The molecule has 1 N–H and O–H groups in total. The monoisotopic (exact) mass is 346 g/mol. The SMILES string of the molecule is CC(Oc1ccc(Cl)cc1Cl)C(=O)NC(=S)N1CCCC1. The Bertz CT molecular complexity index is 548. The molecule has 1 aliphatic heterocycles. The lowest BCUT2D eigenvalue weighted by Gasteiger charge is -2.21. The third kappa shape index (κ3) is 4.46. The Morgan fingerprint density at radius 2 is 2.05 bits per heavy atom. The van der Waals surface area contributed by atoms with Crippen LogP contribution < -0.4 is 10.1 Å². The molecule has 1 fully saturated rings. The number of hydrogen-bond acceptors (Lipinski definition) is 3. The molecule has 1 heterocycles. The lowest BCUT2D eigenvalue weighted by atomic mass is 10.3. The summed E-state index contributed by atoms with van der Waals surface area (Å²) < 4.78 is 5.54. The molecule has 0 spiro atoms. The summed E-state index contributed by atoms with van der Waals surface area (Å²) in [6.07, 6.45) is 1.49. The standard InChI is InChI=1S/C14H16Cl2N2O2S/c1-9(20-12-5-4-10(15)8-11(12)16)13(19)17-14(21)18-6-2-3-7-18/h4-5,8-9H,2-3,6-7H2,1H3,(H,17,19,21). The Labute approximate surface area is 139 Å². The first-order valence-corrected chi connectivity index (χ1v) is 7.85. The van der Waals surface area contributed by atoms with Crippen LogP contribution in [-0.4, -0.2) is 35.1 Å². The molecule has 0 aliphatic carbocycles. The highest BCUT2D eigenvalue weighted by Gasteiger charge is 2.21. The van der Waals surface area contributed by atoms with Gasteiger partial charge in [-0.15, -0.1) is 0 Å². The Morgan fingerprint density at radius 1 is 1.38 bits per heavy atom. The van der Waals surface area contributed by atoms with E-state index in [-0.39, 0.29) is 5.91 Å². The zero-order chi connectivity index (χ0) is 15.4. The average molecular weight is 347 g/mol. The number of carbonyl (C=O) groups is 1. The molecule has 21 heavy (non-hydrogen) atoms. The molecule has 4 nitrogen and oxygen atoms in total. The predicted molar refractivity (Wildman–Crippen MR) is 88.1 cm³/mol. The van der Waals surface area contributed by atoms with Crippen LogP contribution in [-0.2, 0) is 4.79 Å². The maximum atomic E-state index is 12.1. The Hall–Kier alpha value is -1.04. The fraction of sp³-hybridized carbons (Fsp3) is 0.429. The number of halogens is 2. The van der Waals surface area contributed by atoms with E-state index in [0.717, 1.165) is 25.9 Å². The Balaban J connectivity index is 1.91. The van der Waals surface area contributed by atoms with Crippen molar-refractivity contribution in [2.24, 2.45) is 0 Å². The minimum Gasteiger partial charge on any atom is -0.479 e. The number of thiocarbonyl (C=S) groups is 1. The van der Waals surface area contributed by atoms with Gasteiger partial charge in [0.1, 0.15) is 5.75 Å². The van der Waals surface area contributed by atoms with E-state index in [0.29, 0.717) is 20.9 Å². The molecular formula is C14H16Cl2N2O2S. The van der Waals surface area contributed by atoms with Gasteiger partial charge < -0.3 is 9.64 Å². The number of rotatable bonds is 3. The minimum atomic E-state index is -0.704. The molecule has 0 bridgehead atoms. The number of benzene rings is 1. The number of ether oxygens (including phenoxy) is 1. The van der Waals surface area contributed by atoms with Crippen LogP contribution in [0.25, 0.3) is 0 Å². The molecule has 0 radical (unpaired) electrons. The second kappa shape index (κ2) is 7.29. The lowest BCUT2D eigenvalue weighted by Crippen LogP contribution is -2.46. The molecule has 0 aromatic heterocycles. The second-order valence-corrected chi connectivity index (χ2v) is 6.05. The number of nitrogens with one attached hydrogen (secondary N) is 1. The summed E-state index contributed by atoms with van der Waals surface area (Å²) in [7, 11) is 0. The van der Waals surface area contributed by atoms with Crippen molar-refractivity contribution in [2.75, 3.05) is 13.1 Å². The van der Waals surface area contributed by atoms with Crippen molar-refractivity contribution in [1.82, 2.24) is 10.2 Å². The molecule has 7 heteroatoms. The van der Waals surface area contributed by atoms with E-state index >= 15 is 0 Å². The third-order valence-electron chi connectivity index (χ3n) is 3.19. The van der Waals surface area contributed by atoms with Crippen molar-refractivity contribution in [1.29, 1.82) is 0 Å². The highest BCUT2D eigenvalue weighted by molar-refractivity contribution is 7.80. The van der Waals surface area contributed by atoms with Gasteiger partial charge in [0.15, 0.2) is 11.2 Å². The molecule has 114 valence electrons. The summed E-state index contributed by atoms with van der Waals surface area (Å²) in [6.45, 7) is 3.42. The first kappa shape index (κ1) is 16.3. The molecule has 1 unspecified atom stereocenters. The van der Waals surface area contributed by atoms with Crippen LogP contribution in [0.2, 0.25) is 10.0 Å². The lowest BCUT2D eigenvalue weighted by molar-refractivity contribution is -0.125. The van der Waals surface area contributed by atoms with Gasteiger partial charge in [-0.1, -0.05) is 23.2 Å². The van der Waals surface area contributed by atoms with Gasteiger partial charge in [-0.05, 0) is 50.2 Å². The highest BCUT2D eigenvalue weighted by atomic mass is 35.5. The summed E-state index contributed by atoms with van der Waals surface area (Å²) in [5, 5.41) is 4.03. The largest absolute Gasteiger partial charge is 0.479 e. The van der Waals surface area contributed by atoms with Crippen molar-refractivity contribution < 1.29 is 9.53 Å². The van der Waals surface area contributed by atoms with E-state index in [4.69, 9.17) is 40.2 Å². The van der Waals surface area contributed by atoms with Gasteiger partial charge in [0.2, 0.25) is 0 Å². The smallest absolute Gasteiger partial charge is 0.266 e. The van der Waals surface area contributed by atoms with Crippen LogP contribution in [0.1, 0.15) is 19.8 Å². The molecule has 1 amide bonds. The van der Waals surface area contributed by atoms with Gasteiger partial charge in [0.05, 0.1) is 5.02 Å². The average Bonchev–Trinajstić information content (AvgIpc) is 2.95. The predicted octanol–water partition coefficient (Wildman–Crippen LogP) is 3.26. The summed E-state index contributed by atoms with van der Waals surface area (Å²) in [5.41, 5.74) is 0. The zero-order valence-corrected chi connectivity index (χ0v) is 13.9. The molecule has 1 atom stereocenters. The first-order valence-electron chi connectivity index (χ1n) is 6.69. The molecule has 2 rings (SSSR count). The Morgan fingerprint density at radius 3 is 2.67 bits per heavy atom. The normalized spacial score (nSPS) is 15.7. The third-order valence-corrected chi connectivity index (χ3v) is 4.08. The molecule has 1 aromatic carbocycles. The maximum Gasteiger partial charge on any atom is 0.266 e. The van der Waals surface area contributed by atoms with E-state index in [9.17, 15) is 4.79 Å². The van der Waals surface area contributed by atoms with E-state index < -0.39 is 6.10 Å². The Kier molecular flexibility index (Phi) is 5.67. The molecule has 1 saturated heterocycles. The summed E-state index contributed by atoms with van der Waals surface area (Å²) in [6, 6.07) is 4.85. The fourth-order valence-electron chi connectivity index (χ4n) is 2.02. The van der Waals surface area contributed by atoms with Crippen molar-refractivity contribution in [3.8, 4) is 5.75 Å². The van der Waals surface area contributed by atoms with Crippen LogP contribution in [0, 0.1) is 0 Å². The molecule has 1 aliphatic rings. The van der Waals surface area contributed by atoms with E-state index in [1.165, 1.54) is 0 Å². The van der Waals surface area contributed by atoms with Crippen molar-refractivity contribution >= 4 is 46.4 Å². The summed E-state index contributed by atoms with van der Waals surface area (Å²) >= 11 is 17.0. The van der Waals surface area contributed by atoms with Gasteiger partial charge in [0.25, 0.3) is 5.91 Å². The van der Waals surface area contributed by atoms with Crippen LogP contribution in [0.4, 0.5) is 0 Å². The van der Waals surface area contributed by atoms with Crippen LogP contribution >= 0.6 is 35.4 Å². The van der Waals surface area contributed by atoms with Crippen LogP contribution in [0.3, 0.4) is 0 Å². The van der Waals surface area contributed by atoms with Crippen LogP contribution in [0.5, 0.6) is 5.75 Å². The molecule has 0 saturated carbocycles. The van der Waals surface area contributed by atoms with Crippen molar-refractivity contribution in [3.05, 3.63) is 28.2 Å². The van der Waals surface area contributed by atoms with Gasteiger partial charge in [-0.25, -0.2) is 0 Å². The molecule has 1 aromatic rings. The zero-order valence-electron chi connectivity index (χ0n) is 11.6. The number of carbonyl (C=O) groups excluding carboxylic acids is 1. The number of nitrogens with zero attached hydrogens (tertiary/aromatic N) is 1. The first-order chi connectivity index (χ1) is 9.97. The van der Waals surface area contributed by atoms with Gasteiger partial charge in [0, 0.05) is 18.1 Å². The topological polar surface area (TPSA) is 41.6 Å². The molecular weight excluding hydrogens is 331 g/mol. The van der Waals surface area contributed by atoms with E-state index in [1.54, 1.807) is 25.1 Å². The van der Waals surface area contributed by atoms with Gasteiger partial charge in [-0.2, -0.15) is 0 Å². The van der Waals surface area contributed by atoms with Gasteiger partial charge in [-0.3, -0.25) is 10.1 Å². The summed E-state index contributed by atoms with van der Waals surface area (Å²) in [5.74, 6) is 0.119. The fourth-order valence-corrected chi connectivity index (χ4v) is 2.76. The number of likely N-dealkylation sites (tertiary alicyclic amines) is 1. The second-order valence-electron chi connectivity index (χ2n) is 4.82. The van der Waals surface area contributed by atoms with Crippen molar-refractivity contribution in [3.63, 3.8) is 0 Å². The maximum absolute atomic E-state index is 12.1. The number of amides is 1. The van der Waals surface area contributed by atoms with Crippen LogP contribution in [0.15, 0.2) is 18.2 Å². The number of hydrogen-bond donors (Lipinski definition) is 1. The summed E-state index contributed by atoms with van der Waals surface area (Å²) in [4.78, 5) is 14.1. The van der Waals surface area contributed by atoms with E-state index in [1.807, 2.05) is 4.90 Å². The quantitative estimate of drug-likeness (QED) is 0.853. The van der Waals surface area contributed by atoms with Crippen molar-refractivity contribution in [2.45, 2.75) is 25.9 Å². The van der Waals surface area contributed by atoms with E-state index in [2.05, 4.69) is 5.32 Å².